The fraction of sp³-hybridized carbons (Fsp3) is 0.0769. The van der Waals surface area contributed by atoms with Crippen LogP contribution >= 0.6 is 0 Å². The largest absolute Gasteiger partial charge is 0.298 e. The fourth-order valence-corrected chi connectivity index (χ4v) is 1.45. The van der Waals surface area contributed by atoms with Gasteiger partial charge in [0.2, 0.25) is 0 Å². The van der Waals surface area contributed by atoms with Gasteiger partial charge in [0.15, 0.2) is 6.29 Å². The summed E-state index contributed by atoms with van der Waals surface area (Å²) in [6, 6.07) is 8.26. The average molecular weight is 215 g/mol. The molecule has 0 fully saturated rings. The van der Waals surface area contributed by atoms with Crippen LogP contribution in [0.5, 0.6) is 0 Å². The van der Waals surface area contributed by atoms with E-state index in [4.69, 9.17) is 0 Å². The van der Waals surface area contributed by atoms with Crippen molar-refractivity contribution in [2.45, 2.75) is 6.92 Å². The van der Waals surface area contributed by atoms with Crippen molar-refractivity contribution >= 4 is 6.29 Å². The number of carbonyl (C=O) groups is 1. The molecule has 1 aromatic heterocycles. The highest BCUT2D eigenvalue weighted by atomic mass is 19.1. The molecule has 0 bridgehead atoms. The molecule has 0 N–H and O–H groups in total. The first kappa shape index (κ1) is 10.5. The molecule has 3 heteroatoms. The Morgan fingerprint density at radius 1 is 1.25 bits per heavy atom. The van der Waals surface area contributed by atoms with Crippen LogP contribution in [0.2, 0.25) is 0 Å². The number of halogens is 1. The molecular weight excluding hydrogens is 205 g/mol. The van der Waals surface area contributed by atoms with Crippen LogP contribution in [0, 0.1) is 12.7 Å². The van der Waals surface area contributed by atoms with E-state index in [1.54, 1.807) is 31.2 Å². The van der Waals surface area contributed by atoms with E-state index in [-0.39, 0.29) is 5.82 Å². The minimum absolute atomic E-state index is 0.228. The van der Waals surface area contributed by atoms with E-state index in [1.165, 1.54) is 12.3 Å². The Kier molecular flexibility index (Phi) is 2.77. The minimum atomic E-state index is -0.228. The second-order valence-electron chi connectivity index (χ2n) is 3.56. The smallest absolute Gasteiger partial charge is 0.151 e. The molecule has 0 saturated carbocycles. The van der Waals surface area contributed by atoms with E-state index in [2.05, 4.69) is 4.98 Å². The number of pyridine rings is 1. The number of nitrogens with zero attached hydrogens (tertiary/aromatic N) is 1. The lowest BCUT2D eigenvalue weighted by molar-refractivity contribution is 0.112. The molecule has 0 atom stereocenters. The van der Waals surface area contributed by atoms with Crippen LogP contribution < -0.4 is 0 Å². The van der Waals surface area contributed by atoms with Crippen molar-refractivity contribution in [2.24, 2.45) is 0 Å². The van der Waals surface area contributed by atoms with Crippen molar-refractivity contribution in [1.29, 1.82) is 0 Å². The van der Waals surface area contributed by atoms with Crippen LogP contribution in [0.1, 0.15) is 15.9 Å². The van der Waals surface area contributed by atoms with E-state index in [1.807, 2.05) is 0 Å². The normalized spacial score (nSPS) is 10.1. The molecule has 2 rings (SSSR count). The highest BCUT2D eigenvalue weighted by molar-refractivity contribution is 5.75. The molecule has 0 spiro atoms. The Morgan fingerprint density at radius 3 is 2.62 bits per heavy atom. The summed E-state index contributed by atoms with van der Waals surface area (Å²) in [7, 11) is 0. The maximum atomic E-state index is 13.1. The van der Waals surface area contributed by atoms with Gasteiger partial charge in [-0.25, -0.2) is 4.39 Å². The minimum Gasteiger partial charge on any atom is -0.298 e. The first-order chi connectivity index (χ1) is 7.70. The summed E-state index contributed by atoms with van der Waals surface area (Å²) >= 11 is 0. The second-order valence-corrected chi connectivity index (χ2v) is 3.56. The quantitative estimate of drug-likeness (QED) is 0.721. The van der Waals surface area contributed by atoms with Gasteiger partial charge in [-0.15, -0.1) is 0 Å². The summed E-state index contributed by atoms with van der Waals surface area (Å²) in [5, 5.41) is 0. The van der Waals surface area contributed by atoms with Crippen LogP contribution in [-0.2, 0) is 0 Å². The summed E-state index contributed by atoms with van der Waals surface area (Å²) in [6.07, 6.45) is 2.24. The Hall–Kier alpha value is -2.03. The summed E-state index contributed by atoms with van der Waals surface area (Å²) in [4.78, 5) is 14.6. The molecule has 0 aliphatic rings. The molecule has 1 aromatic carbocycles. The maximum absolute atomic E-state index is 13.1. The lowest BCUT2D eigenvalue weighted by atomic mass is 10.1. The molecule has 0 aliphatic heterocycles. The predicted molar refractivity (Wildman–Crippen MR) is 59.8 cm³/mol. The third-order valence-electron chi connectivity index (χ3n) is 2.38. The second kappa shape index (κ2) is 4.23. The van der Waals surface area contributed by atoms with Crippen molar-refractivity contribution in [3.63, 3.8) is 0 Å². The molecule has 80 valence electrons. The SMILES string of the molecule is Cc1cc(-c2ccc(C=O)cn2)ccc1F. The molecule has 0 amide bonds. The molecule has 2 nitrogen and oxygen atoms in total. The van der Waals surface area contributed by atoms with Gasteiger partial charge in [0, 0.05) is 17.3 Å². The van der Waals surface area contributed by atoms with Gasteiger partial charge < -0.3 is 0 Å². The lowest BCUT2D eigenvalue weighted by Crippen LogP contribution is -1.88. The first-order valence-electron chi connectivity index (χ1n) is 4.88. The Bertz CT molecular complexity index is 520. The van der Waals surface area contributed by atoms with Crippen molar-refractivity contribution in [3.8, 4) is 11.3 Å². The monoisotopic (exact) mass is 215 g/mol. The summed E-state index contributed by atoms with van der Waals surface area (Å²) in [6.45, 7) is 1.71. The number of hydrogen-bond acceptors (Lipinski definition) is 2. The average Bonchev–Trinajstić information content (AvgIpc) is 2.33. The third kappa shape index (κ3) is 1.98. The molecule has 0 aliphatic carbocycles. The molecule has 0 unspecified atom stereocenters. The zero-order valence-corrected chi connectivity index (χ0v) is 8.77. The number of carbonyl (C=O) groups excluding carboxylic acids is 1. The standard InChI is InChI=1S/C13H10FNO/c1-9-6-11(3-4-12(9)14)13-5-2-10(8-16)7-15-13/h2-8H,1H3. The molecule has 16 heavy (non-hydrogen) atoms. The molecular formula is C13H10FNO. The van der Waals surface area contributed by atoms with Crippen LogP contribution in [-0.4, -0.2) is 11.3 Å². The topological polar surface area (TPSA) is 30.0 Å². The van der Waals surface area contributed by atoms with E-state index < -0.39 is 0 Å². The van der Waals surface area contributed by atoms with Crippen molar-refractivity contribution in [3.05, 3.63) is 53.5 Å². The summed E-state index contributed by atoms with van der Waals surface area (Å²) in [5.41, 5.74) is 2.69. The van der Waals surface area contributed by atoms with Gasteiger partial charge in [-0.2, -0.15) is 0 Å². The number of aldehydes is 1. The zero-order chi connectivity index (χ0) is 11.5. The first-order valence-corrected chi connectivity index (χ1v) is 4.88. The van der Waals surface area contributed by atoms with Crippen LogP contribution in [0.15, 0.2) is 36.5 Å². The van der Waals surface area contributed by atoms with Gasteiger partial charge in [-0.3, -0.25) is 9.78 Å². The fourth-order valence-electron chi connectivity index (χ4n) is 1.45. The van der Waals surface area contributed by atoms with Crippen molar-refractivity contribution in [1.82, 2.24) is 4.98 Å². The maximum Gasteiger partial charge on any atom is 0.151 e. The van der Waals surface area contributed by atoms with Gasteiger partial charge in [-0.1, -0.05) is 0 Å². The number of aromatic nitrogens is 1. The van der Waals surface area contributed by atoms with Gasteiger partial charge in [-0.05, 0) is 42.8 Å². The van der Waals surface area contributed by atoms with Crippen molar-refractivity contribution in [2.75, 3.05) is 0 Å². The Labute approximate surface area is 92.8 Å². The van der Waals surface area contributed by atoms with Crippen LogP contribution in [0.3, 0.4) is 0 Å². The van der Waals surface area contributed by atoms with Gasteiger partial charge in [0.1, 0.15) is 5.82 Å². The van der Waals surface area contributed by atoms with Gasteiger partial charge in [0.05, 0.1) is 5.69 Å². The molecule has 1 heterocycles. The van der Waals surface area contributed by atoms with Crippen LogP contribution in [0.4, 0.5) is 4.39 Å². The van der Waals surface area contributed by atoms with E-state index in [0.717, 1.165) is 17.5 Å². The van der Waals surface area contributed by atoms with Crippen molar-refractivity contribution < 1.29 is 9.18 Å². The summed E-state index contributed by atoms with van der Waals surface area (Å²) in [5.74, 6) is -0.228. The number of benzene rings is 1. The van der Waals surface area contributed by atoms with Crippen LogP contribution in [0.25, 0.3) is 11.3 Å². The van der Waals surface area contributed by atoms with E-state index in [9.17, 15) is 9.18 Å². The molecule has 0 saturated heterocycles. The third-order valence-corrected chi connectivity index (χ3v) is 2.38. The Balaban J connectivity index is 2.42. The number of hydrogen-bond donors (Lipinski definition) is 0. The lowest BCUT2D eigenvalue weighted by Gasteiger charge is -2.03. The molecule has 0 radical (unpaired) electrons. The van der Waals surface area contributed by atoms with Gasteiger partial charge >= 0.3 is 0 Å². The predicted octanol–water partition coefficient (Wildman–Crippen LogP) is 3.01. The highest BCUT2D eigenvalue weighted by Crippen LogP contribution is 2.19. The Morgan fingerprint density at radius 2 is 2.06 bits per heavy atom. The van der Waals surface area contributed by atoms with E-state index in [0.29, 0.717) is 11.1 Å². The number of rotatable bonds is 2. The molecule has 2 aromatic rings. The highest BCUT2D eigenvalue weighted by Gasteiger charge is 2.02. The van der Waals surface area contributed by atoms with Gasteiger partial charge in [0.25, 0.3) is 0 Å². The summed E-state index contributed by atoms with van der Waals surface area (Å²) < 4.78 is 13.1. The van der Waals surface area contributed by atoms with E-state index >= 15 is 0 Å². The number of aryl methyl sites for hydroxylation is 1. The zero-order valence-electron chi connectivity index (χ0n) is 8.77.